The highest BCUT2D eigenvalue weighted by molar-refractivity contribution is 6.19. The van der Waals surface area contributed by atoms with Crippen molar-refractivity contribution in [2.75, 3.05) is 13.1 Å². The molecule has 1 heterocycles. The summed E-state index contributed by atoms with van der Waals surface area (Å²) in [5.41, 5.74) is 0. The number of carbonyl (C=O) groups is 3. The second-order valence-corrected chi connectivity index (χ2v) is 3.07. The fourth-order valence-electron chi connectivity index (χ4n) is 1.02. The van der Waals surface area contributed by atoms with E-state index in [2.05, 4.69) is 5.32 Å². The first-order valence-electron chi connectivity index (χ1n) is 4.51. The first-order chi connectivity index (χ1) is 7.50. The summed E-state index contributed by atoms with van der Waals surface area (Å²) in [6, 6.07) is 0. The van der Waals surface area contributed by atoms with Crippen LogP contribution in [0.5, 0.6) is 0 Å². The third kappa shape index (κ3) is 3.34. The number of carbonyl (C=O) groups excluding carboxylic acids is 3. The molecule has 1 rings (SSSR count). The van der Waals surface area contributed by atoms with Gasteiger partial charge in [0.15, 0.2) is 6.29 Å². The minimum absolute atomic E-state index is 0.0237. The molecule has 7 nitrogen and oxygen atoms in total. The van der Waals surface area contributed by atoms with E-state index in [0.29, 0.717) is 4.90 Å². The number of hydrogen-bond acceptors (Lipinski definition) is 5. The number of rotatable bonds is 5. The summed E-state index contributed by atoms with van der Waals surface area (Å²) in [5, 5.41) is 19.3. The van der Waals surface area contributed by atoms with Crippen LogP contribution in [0, 0.1) is 11.8 Å². The van der Waals surface area contributed by atoms with Gasteiger partial charge in [-0.2, -0.15) is 0 Å². The molecule has 3 N–H and O–H groups in total. The van der Waals surface area contributed by atoms with Gasteiger partial charge in [0, 0.05) is 24.8 Å². The molecule has 7 heteroatoms. The van der Waals surface area contributed by atoms with E-state index in [1.807, 2.05) is 11.8 Å². The highest BCUT2D eigenvalue weighted by Crippen LogP contribution is 1.96. The van der Waals surface area contributed by atoms with E-state index < -0.39 is 30.6 Å². The molecule has 0 aliphatic carbocycles. The maximum atomic E-state index is 11.2. The van der Waals surface area contributed by atoms with Gasteiger partial charge in [-0.1, -0.05) is 0 Å². The molecule has 0 saturated heterocycles. The fraction of sp³-hybridized carbons (Fsp3) is 0.444. The number of amides is 3. The van der Waals surface area contributed by atoms with Gasteiger partial charge in [0.05, 0.1) is 0 Å². The highest BCUT2D eigenvalue weighted by atomic mass is 16.5. The van der Waals surface area contributed by atoms with Gasteiger partial charge >= 0.3 is 11.8 Å². The second-order valence-electron chi connectivity index (χ2n) is 3.07. The number of aliphatic hydroxyl groups excluding tert-OH is 1. The molecule has 16 heavy (non-hydrogen) atoms. The maximum Gasteiger partial charge on any atom is 0.306 e. The van der Waals surface area contributed by atoms with Crippen LogP contribution in [-0.2, 0) is 14.4 Å². The predicted octanol–water partition coefficient (Wildman–Crippen LogP) is -2.82. The monoisotopic (exact) mass is 226 g/mol. The smallest absolute Gasteiger partial charge is 0.306 e. The van der Waals surface area contributed by atoms with E-state index in [-0.39, 0.29) is 13.0 Å². The first-order valence-corrected chi connectivity index (χ1v) is 4.51. The Labute approximate surface area is 91.0 Å². The minimum Gasteiger partial charge on any atom is -0.368 e. The fourth-order valence-corrected chi connectivity index (χ4v) is 1.02. The number of imide groups is 1. The van der Waals surface area contributed by atoms with Crippen LogP contribution in [0.2, 0.25) is 0 Å². The topological polar surface area (TPSA) is 107 Å². The van der Waals surface area contributed by atoms with Crippen molar-refractivity contribution < 1.29 is 24.6 Å². The van der Waals surface area contributed by atoms with Gasteiger partial charge in [0.2, 0.25) is 5.91 Å². The normalized spacial score (nSPS) is 14.1. The van der Waals surface area contributed by atoms with E-state index in [1.165, 1.54) is 0 Å². The predicted molar refractivity (Wildman–Crippen MR) is 50.3 cm³/mol. The molecule has 0 aromatic carbocycles. The lowest BCUT2D eigenvalue weighted by atomic mass is 10.4. The van der Waals surface area contributed by atoms with E-state index in [9.17, 15) is 14.4 Å². The molecule has 0 aromatic rings. The van der Waals surface area contributed by atoms with Crippen molar-refractivity contribution in [1.82, 2.24) is 10.2 Å². The molecular formula is C9H10N2O5. The van der Waals surface area contributed by atoms with Crippen LogP contribution in [-0.4, -0.2) is 52.2 Å². The van der Waals surface area contributed by atoms with Crippen molar-refractivity contribution in [3.63, 3.8) is 0 Å². The lowest BCUT2D eigenvalue weighted by Gasteiger charge is -2.12. The van der Waals surface area contributed by atoms with Crippen LogP contribution in [0.1, 0.15) is 6.42 Å². The Morgan fingerprint density at radius 2 is 1.88 bits per heavy atom. The Morgan fingerprint density at radius 3 is 2.38 bits per heavy atom. The summed E-state index contributed by atoms with van der Waals surface area (Å²) in [6.45, 7) is -0.368. The Hall–Kier alpha value is -1.91. The van der Waals surface area contributed by atoms with Crippen molar-refractivity contribution in [3.8, 4) is 11.8 Å². The average Bonchev–Trinajstić information content (AvgIpc) is 2.49. The van der Waals surface area contributed by atoms with Gasteiger partial charge < -0.3 is 15.5 Å². The van der Waals surface area contributed by atoms with Gasteiger partial charge in [0.1, 0.15) is 6.54 Å². The minimum atomic E-state index is -1.50. The molecule has 0 atom stereocenters. The first kappa shape index (κ1) is 12.2. The van der Waals surface area contributed by atoms with Gasteiger partial charge in [0.25, 0.3) is 0 Å². The zero-order chi connectivity index (χ0) is 12.1. The number of hydrogen-bond donors (Lipinski definition) is 3. The molecule has 0 saturated carbocycles. The molecule has 0 spiro atoms. The van der Waals surface area contributed by atoms with E-state index in [1.54, 1.807) is 0 Å². The molecule has 86 valence electrons. The van der Waals surface area contributed by atoms with E-state index in [0.717, 1.165) is 0 Å². The summed E-state index contributed by atoms with van der Waals surface area (Å²) < 4.78 is 0. The summed E-state index contributed by atoms with van der Waals surface area (Å²) in [4.78, 5) is 33.8. The lowest BCUT2D eigenvalue weighted by Crippen LogP contribution is -2.41. The number of aliphatic hydroxyl groups is 2. The van der Waals surface area contributed by atoms with Gasteiger partial charge in [-0.05, 0) is 0 Å². The molecule has 0 unspecified atom stereocenters. The molecule has 0 aromatic heterocycles. The Balaban J connectivity index is 2.30. The molecule has 1 aliphatic rings. The van der Waals surface area contributed by atoms with E-state index >= 15 is 0 Å². The Morgan fingerprint density at radius 1 is 1.31 bits per heavy atom. The average molecular weight is 226 g/mol. The molecule has 0 radical (unpaired) electrons. The van der Waals surface area contributed by atoms with Crippen molar-refractivity contribution in [2.24, 2.45) is 0 Å². The van der Waals surface area contributed by atoms with Crippen LogP contribution in [0.4, 0.5) is 0 Å². The summed E-state index contributed by atoms with van der Waals surface area (Å²) >= 11 is 0. The summed E-state index contributed by atoms with van der Waals surface area (Å²) in [6.07, 6.45) is -1.52. The highest BCUT2D eigenvalue weighted by Gasteiger charge is 2.25. The molecular weight excluding hydrogens is 216 g/mol. The third-order valence-electron chi connectivity index (χ3n) is 1.79. The maximum absolute atomic E-state index is 11.2. The van der Waals surface area contributed by atoms with Crippen LogP contribution >= 0.6 is 0 Å². The van der Waals surface area contributed by atoms with Crippen molar-refractivity contribution in [2.45, 2.75) is 12.7 Å². The second kappa shape index (κ2) is 5.25. The quantitative estimate of drug-likeness (QED) is 0.266. The molecule has 0 fully saturated rings. The molecule has 1 aliphatic heterocycles. The third-order valence-corrected chi connectivity index (χ3v) is 1.79. The largest absolute Gasteiger partial charge is 0.368 e. The molecule has 0 bridgehead atoms. The number of nitrogens with zero attached hydrogens (tertiary/aromatic N) is 1. The van der Waals surface area contributed by atoms with Crippen molar-refractivity contribution in [1.29, 1.82) is 0 Å². The molecule has 3 amide bonds. The van der Waals surface area contributed by atoms with Crippen LogP contribution in [0.25, 0.3) is 0 Å². The van der Waals surface area contributed by atoms with Crippen LogP contribution in [0.3, 0.4) is 0 Å². The number of nitrogens with one attached hydrogen (secondary N) is 1. The zero-order valence-corrected chi connectivity index (χ0v) is 8.27. The van der Waals surface area contributed by atoms with Crippen LogP contribution in [0.15, 0.2) is 0 Å². The summed E-state index contributed by atoms with van der Waals surface area (Å²) in [7, 11) is 0. The van der Waals surface area contributed by atoms with Gasteiger partial charge in [-0.25, -0.2) is 0 Å². The van der Waals surface area contributed by atoms with Crippen molar-refractivity contribution >= 4 is 17.7 Å². The van der Waals surface area contributed by atoms with Crippen LogP contribution < -0.4 is 5.32 Å². The zero-order valence-electron chi connectivity index (χ0n) is 8.27. The van der Waals surface area contributed by atoms with E-state index in [4.69, 9.17) is 10.2 Å². The lowest BCUT2D eigenvalue weighted by molar-refractivity contribution is -0.140. The Kier molecular flexibility index (Phi) is 3.99. The van der Waals surface area contributed by atoms with Gasteiger partial charge in [-0.3, -0.25) is 19.3 Å². The Bertz CT molecular complexity index is 359. The standard InChI is InChI=1S/C9H10N2O5/c12-6(10-4-3-9(15)16)5-11-7(13)1-2-8(11)14/h9,15-16H,3-5H2,(H,10,12). The van der Waals surface area contributed by atoms with Crippen molar-refractivity contribution in [3.05, 3.63) is 0 Å². The van der Waals surface area contributed by atoms with Gasteiger partial charge in [-0.15, -0.1) is 0 Å². The summed E-state index contributed by atoms with van der Waals surface area (Å²) in [5.74, 6) is 2.08. The SMILES string of the molecule is O=C(CN1C(=O)C#CC1=O)NCCC(O)O.